The molecule has 0 saturated heterocycles. The third kappa shape index (κ3) is 7.49. The highest BCUT2D eigenvalue weighted by atomic mass is 32.2. The van der Waals surface area contributed by atoms with Gasteiger partial charge in [0, 0.05) is 11.8 Å². The lowest BCUT2D eigenvalue weighted by molar-refractivity contribution is -0.385. The van der Waals surface area contributed by atoms with E-state index < -0.39 is 22.8 Å². The Balaban J connectivity index is 1.64. The largest absolute Gasteiger partial charge is 0.344 e. The zero-order valence-corrected chi connectivity index (χ0v) is 24.1. The van der Waals surface area contributed by atoms with Crippen LogP contribution >= 0.6 is 11.8 Å². The van der Waals surface area contributed by atoms with Gasteiger partial charge < -0.3 is 5.32 Å². The first-order valence-corrected chi connectivity index (χ1v) is 14.2. The number of nitrogens with one attached hydrogen (secondary N) is 1. The van der Waals surface area contributed by atoms with Crippen LogP contribution in [-0.2, 0) is 14.4 Å². The Morgan fingerprint density at radius 3 is 2.21 bits per heavy atom. The Bertz CT molecular complexity index is 1620. The predicted molar refractivity (Wildman–Crippen MR) is 169 cm³/mol. The number of amidine groups is 1. The molecule has 9 nitrogen and oxygen atoms in total. The van der Waals surface area contributed by atoms with Crippen molar-refractivity contribution in [3.63, 3.8) is 0 Å². The second-order valence-electron chi connectivity index (χ2n) is 9.13. The highest BCUT2D eigenvalue weighted by Gasteiger charge is 2.35. The Labute approximate surface area is 253 Å². The number of hydrogen-bond donors (Lipinski definition) is 1. The van der Waals surface area contributed by atoms with Crippen LogP contribution < -0.4 is 5.32 Å². The maximum absolute atomic E-state index is 13.8. The molecule has 0 radical (unpaired) electrons. The summed E-state index contributed by atoms with van der Waals surface area (Å²) < 4.78 is 0. The van der Waals surface area contributed by atoms with Gasteiger partial charge >= 0.3 is 0 Å². The van der Waals surface area contributed by atoms with Gasteiger partial charge in [0.1, 0.15) is 5.57 Å². The van der Waals surface area contributed by atoms with Crippen LogP contribution in [0.2, 0.25) is 0 Å². The molecule has 216 valence electrons. The third-order valence-electron chi connectivity index (χ3n) is 6.35. The number of carbonyl (C=O) groups excluding carboxylic acids is 3. The SMILES string of the molecule is C=C/C=C\C(=C/C)N1C(=O)/C(=C/c2ccccc2[N+](=O)[O-])C(=O)N=C1SCC(=O)NC(c1ccccc1)c1ccccc1. The molecular formula is C33H28N4O5S. The molecule has 1 aliphatic heterocycles. The van der Waals surface area contributed by atoms with E-state index in [1.165, 1.54) is 35.3 Å². The molecule has 0 spiro atoms. The molecule has 4 rings (SSSR count). The molecule has 1 heterocycles. The quantitative estimate of drug-likeness (QED) is 0.102. The second kappa shape index (κ2) is 14.5. The molecule has 0 bridgehead atoms. The molecule has 0 aromatic heterocycles. The minimum atomic E-state index is -0.864. The first kappa shape index (κ1) is 30.6. The van der Waals surface area contributed by atoms with E-state index in [-0.39, 0.29) is 33.7 Å². The molecule has 43 heavy (non-hydrogen) atoms. The number of thioether (sulfide) groups is 1. The van der Waals surface area contributed by atoms with E-state index in [0.717, 1.165) is 22.9 Å². The van der Waals surface area contributed by atoms with Gasteiger partial charge in [-0.15, -0.1) is 0 Å². The topological polar surface area (TPSA) is 122 Å². The molecule has 1 N–H and O–H groups in total. The predicted octanol–water partition coefficient (Wildman–Crippen LogP) is 5.99. The molecule has 3 aromatic rings. The van der Waals surface area contributed by atoms with E-state index in [1.807, 2.05) is 60.7 Å². The first-order valence-electron chi connectivity index (χ1n) is 13.2. The highest BCUT2D eigenvalue weighted by Crippen LogP contribution is 2.29. The summed E-state index contributed by atoms with van der Waals surface area (Å²) >= 11 is 0.933. The molecule has 0 atom stereocenters. The van der Waals surface area contributed by atoms with E-state index in [4.69, 9.17) is 0 Å². The summed E-state index contributed by atoms with van der Waals surface area (Å²) in [5.41, 5.74) is 1.65. The molecule has 0 fully saturated rings. The average Bonchev–Trinajstić information content (AvgIpc) is 3.03. The van der Waals surface area contributed by atoms with E-state index >= 15 is 0 Å². The van der Waals surface area contributed by atoms with Crippen molar-refractivity contribution in [1.82, 2.24) is 10.2 Å². The summed E-state index contributed by atoms with van der Waals surface area (Å²) in [5, 5.41) is 14.6. The van der Waals surface area contributed by atoms with E-state index in [0.29, 0.717) is 5.70 Å². The van der Waals surface area contributed by atoms with Crippen LogP contribution in [0.3, 0.4) is 0 Å². The number of nitro groups is 1. The van der Waals surface area contributed by atoms with Crippen molar-refractivity contribution in [2.24, 2.45) is 4.99 Å². The van der Waals surface area contributed by atoms with Gasteiger partial charge in [-0.1, -0.05) is 109 Å². The third-order valence-corrected chi connectivity index (χ3v) is 7.28. The maximum Gasteiger partial charge on any atom is 0.285 e. The number of carbonyl (C=O) groups is 3. The molecular weight excluding hydrogens is 564 g/mol. The zero-order chi connectivity index (χ0) is 30.8. The number of hydrogen-bond acceptors (Lipinski definition) is 6. The molecule has 0 aliphatic carbocycles. The van der Waals surface area contributed by atoms with Gasteiger partial charge in [-0.2, -0.15) is 4.99 Å². The van der Waals surface area contributed by atoms with Crippen LogP contribution in [0, 0.1) is 10.1 Å². The van der Waals surface area contributed by atoms with Crippen molar-refractivity contribution in [1.29, 1.82) is 0 Å². The van der Waals surface area contributed by atoms with Crippen LogP contribution in [0.25, 0.3) is 6.08 Å². The Morgan fingerprint density at radius 1 is 1.02 bits per heavy atom. The van der Waals surface area contributed by atoms with Crippen LogP contribution in [0.15, 0.2) is 132 Å². The van der Waals surface area contributed by atoms with Gasteiger partial charge in [-0.25, -0.2) is 0 Å². The Hall–Kier alpha value is -5.35. The van der Waals surface area contributed by atoms with Crippen molar-refractivity contribution in [2.75, 3.05) is 5.75 Å². The van der Waals surface area contributed by atoms with Gasteiger partial charge in [0.15, 0.2) is 5.17 Å². The number of allylic oxidation sites excluding steroid dienone is 4. The van der Waals surface area contributed by atoms with Gasteiger partial charge in [0.2, 0.25) is 5.91 Å². The normalized spacial score (nSPS) is 14.7. The Morgan fingerprint density at radius 2 is 1.63 bits per heavy atom. The maximum atomic E-state index is 13.8. The summed E-state index contributed by atoms with van der Waals surface area (Å²) in [5.74, 6) is -2.07. The zero-order valence-electron chi connectivity index (χ0n) is 23.3. The highest BCUT2D eigenvalue weighted by molar-refractivity contribution is 8.14. The van der Waals surface area contributed by atoms with Crippen LogP contribution in [0.1, 0.15) is 29.7 Å². The monoisotopic (exact) mass is 592 g/mol. The summed E-state index contributed by atoms with van der Waals surface area (Å²) in [4.78, 5) is 56.4. The van der Waals surface area contributed by atoms with Crippen molar-refractivity contribution < 1.29 is 19.3 Å². The van der Waals surface area contributed by atoms with E-state index in [9.17, 15) is 24.5 Å². The lowest BCUT2D eigenvalue weighted by Gasteiger charge is -2.28. The van der Waals surface area contributed by atoms with Crippen LogP contribution in [-0.4, -0.2) is 38.5 Å². The summed E-state index contributed by atoms with van der Waals surface area (Å²) in [6.07, 6.45) is 7.57. The van der Waals surface area contributed by atoms with Crippen molar-refractivity contribution in [2.45, 2.75) is 13.0 Å². The van der Waals surface area contributed by atoms with Gasteiger partial charge in [0.25, 0.3) is 17.5 Å². The van der Waals surface area contributed by atoms with Crippen LogP contribution in [0.5, 0.6) is 0 Å². The van der Waals surface area contributed by atoms with Crippen molar-refractivity contribution in [3.8, 4) is 0 Å². The fourth-order valence-corrected chi connectivity index (χ4v) is 5.13. The lowest BCUT2D eigenvalue weighted by atomic mass is 9.99. The number of benzene rings is 3. The van der Waals surface area contributed by atoms with Gasteiger partial charge in [-0.3, -0.25) is 29.4 Å². The fraction of sp³-hybridized carbons (Fsp3) is 0.0909. The number of nitro benzene ring substituents is 1. The minimum absolute atomic E-state index is 0.00245. The van der Waals surface area contributed by atoms with Crippen molar-refractivity contribution >= 4 is 46.4 Å². The van der Waals surface area contributed by atoms with Crippen molar-refractivity contribution in [3.05, 3.63) is 154 Å². The minimum Gasteiger partial charge on any atom is -0.344 e. The lowest BCUT2D eigenvalue weighted by Crippen LogP contribution is -2.42. The molecule has 1 aliphatic rings. The molecule has 0 unspecified atom stereocenters. The molecule has 0 saturated carbocycles. The number of amides is 3. The van der Waals surface area contributed by atoms with Crippen LogP contribution in [0.4, 0.5) is 5.69 Å². The number of nitrogens with zero attached hydrogens (tertiary/aromatic N) is 3. The smallest absolute Gasteiger partial charge is 0.285 e. The Kier molecular flexibility index (Phi) is 10.3. The summed E-state index contributed by atoms with van der Waals surface area (Å²) in [6.45, 7) is 5.37. The molecule has 10 heteroatoms. The number of para-hydroxylation sites is 1. The summed E-state index contributed by atoms with van der Waals surface area (Å²) in [6, 6.07) is 24.4. The standard InChI is InChI=1S/C33H28N4O5S/c1-3-5-19-26(4-2)36-32(40)27(21-25-18-12-13-20-28(25)37(41)42)31(39)35-33(36)43-22-29(38)34-30(23-14-8-6-9-15-23)24-16-10-7-11-17-24/h3-21,30H,1,22H2,2H3,(H,34,38)/b19-5-,26-4+,27-21+. The first-order chi connectivity index (χ1) is 20.8. The number of aliphatic imine (C=N–C) groups is 1. The van der Waals surface area contributed by atoms with E-state index in [1.54, 1.807) is 31.2 Å². The van der Waals surface area contributed by atoms with Gasteiger partial charge in [0.05, 0.1) is 22.3 Å². The second-order valence-corrected chi connectivity index (χ2v) is 10.1. The van der Waals surface area contributed by atoms with Gasteiger partial charge in [-0.05, 0) is 36.3 Å². The molecule has 3 aromatic carbocycles. The fourth-order valence-electron chi connectivity index (χ4n) is 4.32. The summed E-state index contributed by atoms with van der Waals surface area (Å²) in [7, 11) is 0. The average molecular weight is 593 g/mol. The van der Waals surface area contributed by atoms with E-state index in [2.05, 4.69) is 16.9 Å². The molecule has 3 amide bonds. The number of rotatable bonds is 10.